The van der Waals surface area contributed by atoms with E-state index < -0.39 is 0 Å². The molecule has 1 aromatic rings. The van der Waals surface area contributed by atoms with Crippen molar-refractivity contribution in [3.05, 3.63) is 17.6 Å². The van der Waals surface area contributed by atoms with Gasteiger partial charge in [0.2, 0.25) is 0 Å². The fraction of sp³-hybridized carbons (Fsp3) is 0.706. The van der Waals surface area contributed by atoms with E-state index >= 15 is 0 Å². The molecule has 3 aliphatic rings. The number of likely N-dealkylation sites (tertiary alicyclic amines) is 1. The molecule has 0 atom stereocenters. The first-order chi connectivity index (χ1) is 11.3. The van der Waals surface area contributed by atoms with Gasteiger partial charge in [0.1, 0.15) is 12.1 Å². The predicted molar refractivity (Wildman–Crippen MR) is 88.5 cm³/mol. The Morgan fingerprint density at radius 2 is 1.74 bits per heavy atom. The number of hydrogen-bond acceptors (Lipinski definition) is 4. The number of carbonyl (C=O) groups excluding carboxylic acids is 1. The van der Waals surface area contributed by atoms with Crippen LogP contribution in [-0.2, 0) is 12.8 Å². The molecule has 2 amide bonds. The Labute approximate surface area is 137 Å². The molecule has 0 aromatic carbocycles. The standard InChI is InChI=1S/C17H25N5O/c23-17(21-8-1-2-9-21)22-10-6-14-15(7-11-22)18-12-19-16(14)20-13-4-3-5-13/h12-13H,1-11H2,(H,18,19,20). The summed E-state index contributed by atoms with van der Waals surface area (Å²) in [7, 11) is 0. The van der Waals surface area contributed by atoms with Crippen LogP contribution in [0.3, 0.4) is 0 Å². The van der Waals surface area contributed by atoms with Crippen molar-refractivity contribution < 1.29 is 4.79 Å². The van der Waals surface area contributed by atoms with Crippen molar-refractivity contribution in [3.63, 3.8) is 0 Å². The third kappa shape index (κ3) is 2.99. The number of aromatic nitrogens is 2. The first kappa shape index (κ1) is 14.7. The Morgan fingerprint density at radius 1 is 1.00 bits per heavy atom. The smallest absolute Gasteiger partial charge is 0.320 e. The molecule has 6 heteroatoms. The summed E-state index contributed by atoms with van der Waals surface area (Å²) in [6, 6.07) is 0.774. The average molecular weight is 315 g/mol. The molecule has 1 N–H and O–H groups in total. The zero-order valence-electron chi connectivity index (χ0n) is 13.6. The Kier molecular flexibility index (Phi) is 4.06. The van der Waals surface area contributed by atoms with Crippen LogP contribution in [0.1, 0.15) is 43.4 Å². The van der Waals surface area contributed by atoms with E-state index in [-0.39, 0.29) is 6.03 Å². The van der Waals surface area contributed by atoms with Crippen molar-refractivity contribution in [2.45, 2.75) is 51.0 Å². The Morgan fingerprint density at radius 3 is 2.48 bits per heavy atom. The SMILES string of the molecule is O=C(N1CCCC1)N1CCc2ncnc(NC3CCC3)c2CC1. The van der Waals surface area contributed by atoms with Crippen LogP contribution < -0.4 is 5.32 Å². The van der Waals surface area contributed by atoms with Gasteiger partial charge in [-0.05, 0) is 38.5 Å². The molecule has 0 unspecified atom stereocenters. The number of nitrogens with one attached hydrogen (secondary N) is 1. The molecule has 1 saturated heterocycles. The first-order valence-corrected chi connectivity index (χ1v) is 8.94. The second-order valence-corrected chi connectivity index (χ2v) is 6.88. The lowest BCUT2D eigenvalue weighted by Crippen LogP contribution is -2.43. The lowest BCUT2D eigenvalue weighted by Gasteiger charge is -2.28. The third-order valence-electron chi connectivity index (χ3n) is 5.38. The molecule has 1 saturated carbocycles. The zero-order chi connectivity index (χ0) is 15.6. The number of carbonyl (C=O) groups is 1. The molecule has 2 aliphatic heterocycles. The van der Waals surface area contributed by atoms with Gasteiger partial charge < -0.3 is 15.1 Å². The first-order valence-electron chi connectivity index (χ1n) is 8.94. The van der Waals surface area contributed by atoms with Crippen LogP contribution in [-0.4, -0.2) is 58.0 Å². The monoisotopic (exact) mass is 315 g/mol. The highest BCUT2D eigenvalue weighted by Gasteiger charge is 2.27. The molecule has 0 radical (unpaired) electrons. The topological polar surface area (TPSA) is 61.4 Å². The van der Waals surface area contributed by atoms with Gasteiger partial charge in [0.15, 0.2) is 0 Å². The molecule has 0 bridgehead atoms. The summed E-state index contributed by atoms with van der Waals surface area (Å²) < 4.78 is 0. The van der Waals surface area contributed by atoms with Gasteiger partial charge in [-0.25, -0.2) is 14.8 Å². The maximum absolute atomic E-state index is 12.6. The molecule has 124 valence electrons. The number of amides is 2. The number of rotatable bonds is 2. The second kappa shape index (κ2) is 6.34. The van der Waals surface area contributed by atoms with Crippen LogP contribution in [0.15, 0.2) is 6.33 Å². The molecule has 3 heterocycles. The molecular weight excluding hydrogens is 290 g/mol. The maximum Gasteiger partial charge on any atom is 0.320 e. The van der Waals surface area contributed by atoms with Crippen LogP contribution in [0.2, 0.25) is 0 Å². The van der Waals surface area contributed by atoms with Gasteiger partial charge in [-0.3, -0.25) is 0 Å². The van der Waals surface area contributed by atoms with Gasteiger partial charge >= 0.3 is 6.03 Å². The molecule has 0 spiro atoms. The lowest BCUT2D eigenvalue weighted by molar-refractivity contribution is 0.164. The molecule has 1 aromatic heterocycles. The highest BCUT2D eigenvalue weighted by molar-refractivity contribution is 5.75. The van der Waals surface area contributed by atoms with E-state index in [0.717, 1.165) is 63.4 Å². The maximum atomic E-state index is 12.6. The number of anilines is 1. The van der Waals surface area contributed by atoms with Crippen molar-refractivity contribution in [2.24, 2.45) is 0 Å². The predicted octanol–water partition coefficient (Wildman–Crippen LogP) is 2.06. The largest absolute Gasteiger partial charge is 0.367 e. The number of fused-ring (bicyclic) bond motifs is 1. The summed E-state index contributed by atoms with van der Waals surface area (Å²) in [5, 5.41) is 3.57. The zero-order valence-corrected chi connectivity index (χ0v) is 13.6. The number of urea groups is 1. The third-order valence-corrected chi connectivity index (χ3v) is 5.38. The van der Waals surface area contributed by atoms with Crippen molar-refractivity contribution in [1.29, 1.82) is 0 Å². The van der Waals surface area contributed by atoms with E-state index in [4.69, 9.17) is 0 Å². The van der Waals surface area contributed by atoms with E-state index in [9.17, 15) is 4.79 Å². The highest BCUT2D eigenvalue weighted by atomic mass is 16.2. The summed E-state index contributed by atoms with van der Waals surface area (Å²) >= 11 is 0. The van der Waals surface area contributed by atoms with Gasteiger partial charge in [-0.1, -0.05) is 0 Å². The summed E-state index contributed by atoms with van der Waals surface area (Å²) in [5.41, 5.74) is 2.33. The van der Waals surface area contributed by atoms with Crippen molar-refractivity contribution in [2.75, 3.05) is 31.5 Å². The van der Waals surface area contributed by atoms with Gasteiger partial charge in [-0.15, -0.1) is 0 Å². The van der Waals surface area contributed by atoms with Crippen LogP contribution in [0, 0.1) is 0 Å². The van der Waals surface area contributed by atoms with Crippen molar-refractivity contribution >= 4 is 11.8 Å². The van der Waals surface area contributed by atoms with Gasteiger partial charge in [0.25, 0.3) is 0 Å². The molecule has 2 fully saturated rings. The summed E-state index contributed by atoms with van der Waals surface area (Å²) in [6.07, 6.45) is 9.40. The second-order valence-electron chi connectivity index (χ2n) is 6.88. The van der Waals surface area contributed by atoms with Crippen molar-refractivity contribution in [1.82, 2.24) is 19.8 Å². The fourth-order valence-corrected chi connectivity index (χ4v) is 3.70. The molecular formula is C17H25N5O. The Balaban J connectivity index is 1.47. The summed E-state index contributed by atoms with van der Waals surface area (Å²) in [4.78, 5) is 25.6. The normalized spacial score (nSPS) is 21.6. The van der Waals surface area contributed by atoms with E-state index in [1.807, 2.05) is 9.80 Å². The number of nitrogens with zero attached hydrogens (tertiary/aromatic N) is 4. The fourth-order valence-electron chi connectivity index (χ4n) is 3.70. The Bertz CT molecular complexity index is 580. The van der Waals surface area contributed by atoms with Gasteiger partial charge in [-0.2, -0.15) is 0 Å². The van der Waals surface area contributed by atoms with Gasteiger partial charge in [0.05, 0.1) is 5.69 Å². The quantitative estimate of drug-likeness (QED) is 0.907. The number of hydrogen-bond donors (Lipinski definition) is 1. The van der Waals surface area contributed by atoms with Gasteiger partial charge in [0, 0.05) is 44.2 Å². The molecule has 4 rings (SSSR count). The van der Waals surface area contributed by atoms with E-state index in [1.54, 1.807) is 6.33 Å². The summed E-state index contributed by atoms with van der Waals surface area (Å²) in [5.74, 6) is 0.996. The van der Waals surface area contributed by atoms with Crippen molar-refractivity contribution in [3.8, 4) is 0 Å². The minimum atomic E-state index is 0.205. The Hall–Kier alpha value is -1.85. The molecule has 23 heavy (non-hydrogen) atoms. The van der Waals surface area contributed by atoms with Crippen LogP contribution in [0.5, 0.6) is 0 Å². The highest BCUT2D eigenvalue weighted by Crippen LogP contribution is 2.27. The molecule has 1 aliphatic carbocycles. The summed E-state index contributed by atoms with van der Waals surface area (Å²) in [6.45, 7) is 3.37. The van der Waals surface area contributed by atoms with Crippen LogP contribution in [0.25, 0.3) is 0 Å². The van der Waals surface area contributed by atoms with Crippen LogP contribution in [0.4, 0.5) is 10.6 Å². The minimum Gasteiger partial charge on any atom is -0.367 e. The van der Waals surface area contributed by atoms with E-state index in [2.05, 4.69) is 15.3 Å². The lowest BCUT2D eigenvalue weighted by atomic mass is 9.93. The average Bonchev–Trinajstić information content (AvgIpc) is 2.97. The van der Waals surface area contributed by atoms with Crippen LogP contribution >= 0.6 is 0 Å². The van der Waals surface area contributed by atoms with E-state index in [0.29, 0.717) is 6.04 Å². The molecule has 6 nitrogen and oxygen atoms in total. The van der Waals surface area contributed by atoms with E-state index in [1.165, 1.54) is 24.8 Å². The minimum absolute atomic E-state index is 0.205.